The smallest absolute Gasteiger partial charge is 0.447 e. The molecule has 0 heterocycles. The van der Waals surface area contributed by atoms with Crippen molar-refractivity contribution in [3.05, 3.63) is 0 Å². The van der Waals surface area contributed by atoms with Gasteiger partial charge in [0, 0.05) is 6.92 Å². The summed E-state index contributed by atoms with van der Waals surface area (Å²) in [4.78, 5) is 28.8. The average molecular weight is 280 g/mol. The molecule has 112 valence electrons. The van der Waals surface area contributed by atoms with E-state index in [2.05, 4.69) is 9.78 Å². The summed E-state index contributed by atoms with van der Waals surface area (Å²) in [5.74, 6) is -1.41. The third kappa shape index (κ3) is 9.09. The van der Waals surface area contributed by atoms with Crippen molar-refractivity contribution in [3.63, 3.8) is 0 Å². The summed E-state index contributed by atoms with van der Waals surface area (Å²) in [6.45, 7) is 8.54. The molecular formula is C11H20O8. The van der Waals surface area contributed by atoms with E-state index in [1.54, 1.807) is 13.8 Å². The van der Waals surface area contributed by atoms with Crippen molar-refractivity contribution in [2.24, 2.45) is 0 Å². The molecule has 1 N–H and O–H groups in total. The van der Waals surface area contributed by atoms with E-state index in [0.717, 1.165) is 0 Å². The van der Waals surface area contributed by atoms with Crippen molar-refractivity contribution in [1.29, 1.82) is 0 Å². The highest BCUT2D eigenvalue weighted by Crippen LogP contribution is 2.18. The van der Waals surface area contributed by atoms with Crippen LogP contribution in [-0.2, 0) is 24.0 Å². The highest BCUT2D eigenvalue weighted by atomic mass is 17.3. The van der Waals surface area contributed by atoms with E-state index >= 15 is 0 Å². The first-order valence-corrected chi connectivity index (χ1v) is 5.74. The van der Waals surface area contributed by atoms with Crippen molar-refractivity contribution < 1.29 is 38.7 Å². The lowest BCUT2D eigenvalue weighted by molar-refractivity contribution is -0.280. The first-order valence-electron chi connectivity index (χ1n) is 5.74. The van der Waals surface area contributed by atoms with E-state index in [4.69, 9.17) is 19.3 Å². The number of hydrogen-bond acceptors (Lipinski definition) is 7. The molecule has 0 rings (SSSR count). The lowest BCUT2D eigenvalue weighted by Crippen LogP contribution is -2.42. The summed E-state index contributed by atoms with van der Waals surface area (Å²) in [6.07, 6.45) is -3.43. The monoisotopic (exact) mass is 280 g/mol. The van der Waals surface area contributed by atoms with Crippen molar-refractivity contribution in [1.82, 2.24) is 0 Å². The van der Waals surface area contributed by atoms with Crippen LogP contribution in [0.2, 0.25) is 0 Å². The van der Waals surface area contributed by atoms with E-state index in [1.165, 1.54) is 6.92 Å². The summed E-state index contributed by atoms with van der Waals surface area (Å²) in [6, 6.07) is 0. The van der Waals surface area contributed by atoms with Crippen molar-refractivity contribution in [2.75, 3.05) is 6.61 Å². The van der Waals surface area contributed by atoms with Crippen LogP contribution in [0.15, 0.2) is 0 Å². The van der Waals surface area contributed by atoms with Crippen LogP contribution in [-0.4, -0.2) is 42.0 Å². The predicted molar refractivity (Wildman–Crippen MR) is 62.4 cm³/mol. The van der Waals surface area contributed by atoms with Crippen LogP contribution >= 0.6 is 0 Å². The summed E-state index contributed by atoms with van der Waals surface area (Å²) >= 11 is 0. The molecule has 0 saturated carbocycles. The van der Waals surface area contributed by atoms with Gasteiger partial charge in [-0.25, -0.2) is 9.68 Å². The van der Waals surface area contributed by atoms with Gasteiger partial charge in [0.25, 0.3) is 0 Å². The zero-order valence-electron chi connectivity index (χ0n) is 11.7. The Bertz CT molecular complexity index is 301. The van der Waals surface area contributed by atoms with Crippen LogP contribution in [0.1, 0.15) is 34.6 Å². The van der Waals surface area contributed by atoms with Crippen LogP contribution in [0.3, 0.4) is 0 Å². The van der Waals surface area contributed by atoms with Crippen LogP contribution in [0.4, 0.5) is 9.59 Å². The molecule has 1 unspecified atom stereocenters. The quantitative estimate of drug-likeness (QED) is 0.342. The van der Waals surface area contributed by atoms with Gasteiger partial charge in [0.2, 0.25) is 5.79 Å². The van der Waals surface area contributed by atoms with Gasteiger partial charge >= 0.3 is 12.3 Å². The fourth-order valence-corrected chi connectivity index (χ4v) is 1.17. The zero-order chi connectivity index (χ0) is 15.1. The Kier molecular flexibility index (Phi) is 7.17. The van der Waals surface area contributed by atoms with Crippen LogP contribution in [0.25, 0.3) is 0 Å². The molecule has 0 aliphatic heterocycles. The number of hydrogen-bond donors (Lipinski definition) is 1. The largest absolute Gasteiger partial charge is 0.552 e. The highest BCUT2D eigenvalue weighted by molar-refractivity contribution is 5.62. The molecule has 0 bridgehead atoms. The minimum Gasteiger partial charge on any atom is -0.447 e. The standard InChI is InChI=1S/C11H20O8/c1-7(2)15-6-11(5,16-8(3)4)17-10(14)19-18-9(12)13/h7-8H,6H2,1-5H3,(H,12,13). The second kappa shape index (κ2) is 7.80. The zero-order valence-corrected chi connectivity index (χ0v) is 11.7. The third-order valence-electron chi connectivity index (χ3n) is 1.64. The molecule has 0 radical (unpaired) electrons. The molecule has 8 heteroatoms. The molecule has 0 aromatic carbocycles. The van der Waals surface area contributed by atoms with Crippen LogP contribution < -0.4 is 0 Å². The minimum atomic E-state index is -1.76. The van der Waals surface area contributed by atoms with Gasteiger partial charge in [-0.3, -0.25) is 0 Å². The summed E-state index contributed by atoms with van der Waals surface area (Å²) in [5, 5.41) is 8.17. The normalized spacial score (nSPS) is 14.1. The van der Waals surface area contributed by atoms with Gasteiger partial charge in [0.05, 0.1) is 12.2 Å². The third-order valence-corrected chi connectivity index (χ3v) is 1.64. The molecule has 0 fully saturated rings. The maximum Gasteiger partial charge on any atom is 0.552 e. The Hall–Kier alpha value is -1.54. The molecule has 0 aliphatic carbocycles. The second-order valence-electron chi connectivity index (χ2n) is 4.44. The number of carbonyl (C=O) groups excluding carboxylic acids is 1. The highest BCUT2D eigenvalue weighted by Gasteiger charge is 2.33. The van der Waals surface area contributed by atoms with Crippen molar-refractivity contribution >= 4 is 12.3 Å². The van der Waals surface area contributed by atoms with E-state index in [1.807, 2.05) is 13.8 Å². The van der Waals surface area contributed by atoms with Gasteiger partial charge < -0.3 is 19.3 Å². The Balaban J connectivity index is 4.47. The first-order chi connectivity index (χ1) is 8.64. The fraction of sp³-hybridized carbons (Fsp3) is 0.818. The summed E-state index contributed by atoms with van der Waals surface area (Å²) < 4.78 is 15.6. The minimum absolute atomic E-state index is 0.0367. The summed E-state index contributed by atoms with van der Waals surface area (Å²) in [5.41, 5.74) is 0. The van der Waals surface area contributed by atoms with Crippen molar-refractivity contribution in [3.8, 4) is 0 Å². The fourth-order valence-electron chi connectivity index (χ4n) is 1.17. The Morgan fingerprint density at radius 2 is 1.68 bits per heavy atom. The van der Waals surface area contributed by atoms with E-state index in [9.17, 15) is 9.59 Å². The SMILES string of the molecule is CC(C)OCC(C)(OC(=O)OOC(=O)O)OC(C)C. The maximum atomic E-state index is 11.2. The first kappa shape index (κ1) is 17.5. The van der Waals surface area contributed by atoms with E-state index < -0.39 is 18.1 Å². The van der Waals surface area contributed by atoms with Crippen molar-refractivity contribution in [2.45, 2.75) is 52.6 Å². The van der Waals surface area contributed by atoms with Gasteiger partial charge in [-0.1, -0.05) is 0 Å². The molecule has 8 nitrogen and oxygen atoms in total. The average Bonchev–Trinajstić information content (AvgIpc) is 2.22. The molecule has 0 aromatic heterocycles. The molecule has 19 heavy (non-hydrogen) atoms. The van der Waals surface area contributed by atoms with Gasteiger partial charge in [-0.15, -0.1) is 0 Å². The van der Waals surface area contributed by atoms with E-state index in [-0.39, 0.29) is 18.8 Å². The van der Waals surface area contributed by atoms with Gasteiger partial charge in [-0.05, 0) is 27.7 Å². The number of carbonyl (C=O) groups is 2. The van der Waals surface area contributed by atoms with Gasteiger partial charge in [0.1, 0.15) is 6.61 Å². The lowest BCUT2D eigenvalue weighted by Gasteiger charge is -2.30. The number of carboxylic acid groups (broad SMARTS) is 1. The van der Waals surface area contributed by atoms with Crippen LogP contribution in [0, 0.1) is 0 Å². The molecule has 0 amide bonds. The Morgan fingerprint density at radius 3 is 2.11 bits per heavy atom. The number of ether oxygens (including phenoxy) is 3. The molecule has 0 spiro atoms. The molecule has 0 saturated heterocycles. The van der Waals surface area contributed by atoms with Gasteiger partial charge in [0.15, 0.2) is 0 Å². The predicted octanol–water partition coefficient (Wildman–Crippen LogP) is 2.32. The molecule has 1 atom stereocenters. The summed E-state index contributed by atoms with van der Waals surface area (Å²) in [7, 11) is 0. The number of rotatable bonds is 6. The molecular weight excluding hydrogens is 260 g/mol. The Labute approximate surface area is 111 Å². The lowest BCUT2D eigenvalue weighted by atomic mass is 10.3. The Morgan fingerprint density at radius 1 is 1.11 bits per heavy atom. The maximum absolute atomic E-state index is 11.2. The van der Waals surface area contributed by atoms with Crippen LogP contribution in [0.5, 0.6) is 0 Å². The molecule has 0 aliphatic rings. The molecule has 0 aromatic rings. The topological polar surface area (TPSA) is 101 Å². The van der Waals surface area contributed by atoms with Gasteiger partial charge in [-0.2, -0.15) is 9.68 Å². The van der Waals surface area contributed by atoms with E-state index in [0.29, 0.717) is 0 Å². The second-order valence-corrected chi connectivity index (χ2v) is 4.44.